The number of H-pyrrole nitrogens is 1. The highest BCUT2D eigenvalue weighted by molar-refractivity contribution is 5.66. The van der Waals surface area contributed by atoms with Gasteiger partial charge in [0.2, 0.25) is 0 Å². The van der Waals surface area contributed by atoms with Crippen molar-refractivity contribution >= 4 is 6.08 Å². The third kappa shape index (κ3) is 2.43. The summed E-state index contributed by atoms with van der Waals surface area (Å²) in [4.78, 5) is 0. The van der Waals surface area contributed by atoms with Crippen molar-refractivity contribution in [3.63, 3.8) is 0 Å². The van der Waals surface area contributed by atoms with E-state index in [2.05, 4.69) is 10.2 Å². The molecule has 0 bridgehead atoms. The van der Waals surface area contributed by atoms with Gasteiger partial charge in [-0.1, -0.05) is 36.4 Å². The molecular weight excluding hydrogens is 320 g/mol. The number of nitriles is 1. The second-order valence-corrected chi connectivity index (χ2v) is 6.08. The Morgan fingerprint density at radius 3 is 2.24 bits per heavy atom. The van der Waals surface area contributed by atoms with Crippen molar-refractivity contribution in [3.05, 3.63) is 94.3 Å². The van der Waals surface area contributed by atoms with E-state index in [1.165, 1.54) is 24.3 Å². The topological polar surface area (TPSA) is 52.5 Å². The molecule has 1 aliphatic carbocycles. The molecule has 0 atom stereocenters. The molecule has 0 unspecified atom stereocenters. The number of fused-ring (bicyclic) bond motifs is 1. The lowest BCUT2D eigenvalue weighted by molar-refractivity contribution is 0.582. The number of nitrogens with one attached hydrogen (secondary N) is 1. The lowest BCUT2D eigenvalue weighted by atomic mass is 9.68. The number of aromatic amines is 1. The number of hydrogen-bond acceptors (Lipinski definition) is 2. The first-order chi connectivity index (χ1) is 12.1. The molecule has 5 heteroatoms. The number of allylic oxidation sites excluding steroid dienone is 1. The first-order valence-electron chi connectivity index (χ1n) is 7.81. The van der Waals surface area contributed by atoms with Gasteiger partial charge < -0.3 is 0 Å². The molecule has 4 rings (SSSR count). The molecule has 25 heavy (non-hydrogen) atoms. The van der Waals surface area contributed by atoms with Crippen LogP contribution in [-0.4, -0.2) is 10.2 Å². The summed E-state index contributed by atoms with van der Waals surface area (Å²) < 4.78 is 27.8. The summed E-state index contributed by atoms with van der Waals surface area (Å²) in [5.41, 5.74) is 2.51. The molecule has 122 valence electrons. The maximum Gasteiger partial charge on any atom is 0.169 e. The van der Waals surface area contributed by atoms with Crippen molar-refractivity contribution in [1.29, 1.82) is 5.26 Å². The molecule has 3 nitrogen and oxygen atoms in total. The van der Waals surface area contributed by atoms with Crippen molar-refractivity contribution in [1.82, 2.24) is 10.2 Å². The number of hydrogen-bond donors (Lipinski definition) is 1. The molecule has 0 aliphatic heterocycles. The zero-order valence-electron chi connectivity index (χ0n) is 13.1. The van der Waals surface area contributed by atoms with E-state index in [1.54, 1.807) is 18.2 Å². The zero-order valence-corrected chi connectivity index (χ0v) is 13.1. The summed E-state index contributed by atoms with van der Waals surface area (Å²) in [5.74, 6) is -0.704. The van der Waals surface area contributed by atoms with Crippen molar-refractivity contribution in [3.8, 4) is 6.07 Å². The Hall–Kier alpha value is -3.26. The number of halogens is 2. The predicted molar refractivity (Wildman–Crippen MR) is 89.6 cm³/mol. The van der Waals surface area contributed by atoms with Gasteiger partial charge in [-0.05, 0) is 35.4 Å². The molecule has 1 aromatic heterocycles. The van der Waals surface area contributed by atoms with Crippen LogP contribution in [0.1, 0.15) is 28.1 Å². The molecular formula is C20H13F2N3. The quantitative estimate of drug-likeness (QED) is 0.767. The SMILES string of the molecule is N#Cc1n[nH]c2c1C=CC(c1cccc(F)c1)(c1cccc(F)c1)C2. The Bertz CT molecular complexity index is 982. The Kier molecular flexibility index (Phi) is 3.47. The highest BCUT2D eigenvalue weighted by Gasteiger charge is 2.37. The lowest BCUT2D eigenvalue weighted by Crippen LogP contribution is -2.30. The van der Waals surface area contributed by atoms with Crippen LogP contribution in [0.25, 0.3) is 6.08 Å². The summed E-state index contributed by atoms with van der Waals surface area (Å²) in [6.07, 6.45) is 4.13. The molecule has 1 aliphatic rings. The Morgan fingerprint density at radius 2 is 1.68 bits per heavy atom. The van der Waals surface area contributed by atoms with Crippen molar-refractivity contribution in [2.45, 2.75) is 11.8 Å². The minimum absolute atomic E-state index is 0.318. The Morgan fingerprint density at radius 1 is 1.04 bits per heavy atom. The molecule has 0 fully saturated rings. The van der Waals surface area contributed by atoms with Crippen LogP contribution in [0.5, 0.6) is 0 Å². The Labute approximate surface area is 143 Å². The van der Waals surface area contributed by atoms with E-state index in [4.69, 9.17) is 5.26 Å². The minimum atomic E-state index is -0.740. The lowest BCUT2D eigenvalue weighted by Gasteiger charge is -2.34. The minimum Gasteiger partial charge on any atom is -0.281 e. The average molecular weight is 333 g/mol. The third-order valence-electron chi connectivity index (χ3n) is 4.66. The second kappa shape index (κ2) is 5.67. The summed E-state index contributed by atoms with van der Waals surface area (Å²) in [7, 11) is 0. The molecule has 0 amide bonds. The van der Waals surface area contributed by atoms with Crippen LogP contribution in [0.15, 0.2) is 54.6 Å². The summed E-state index contributed by atoms with van der Waals surface area (Å²) in [6, 6.07) is 14.7. The van der Waals surface area contributed by atoms with Crippen molar-refractivity contribution < 1.29 is 8.78 Å². The summed E-state index contributed by atoms with van der Waals surface area (Å²) in [5, 5.41) is 16.1. The van der Waals surface area contributed by atoms with E-state index in [0.29, 0.717) is 23.2 Å². The van der Waals surface area contributed by atoms with E-state index in [1.807, 2.05) is 24.3 Å². The van der Waals surface area contributed by atoms with Gasteiger partial charge in [0.15, 0.2) is 5.69 Å². The van der Waals surface area contributed by atoms with Crippen LogP contribution in [-0.2, 0) is 11.8 Å². The van der Waals surface area contributed by atoms with Crippen molar-refractivity contribution in [2.24, 2.45) is 0 Å². The van der Waals surface area contributed by atoms with E-state index in [9.17, 15) is 8.78 Å². The molecule has 0 saturated heterocycles. The average Bonchev–Trinajstić information content (AvgIpc) is 3.03. The van der Waals surface area contributed by atoms with Gasteiger partial charge in [0.05, 0.1) is 0 Å². The molecule has 3 aromatic rings. The number of rotatable bonds is 2. The highest BCUT2D eigenvalue weighted by Crippen LogP contribution is 2.42. The van der Waals surface area contributed by atoms with Gasteiger partial charge in [-0.3, -0.25) is 5.10 Å². The van der Waals surface area contributed by atoms with Gasteiger partial charge in [-0.25, -0.2) is 8.78 Å². The van der Waals surface area contributed by atoms with Crippen LogP contribution in [0.2, 0.25) is 0 Å². The van der Waals surface area contributed by atoms with E-state index < -0.39 is 5.41 Å². The third-order valence-corrected chi connectivity index (χ3v) is 4.66. The summed E-state index contributed by atoms with van der Waals surface area (Å²) in [6.45, 7) is 0. The fraction of sp³-hybridized carbons (Fsp3) is 0.100. The standard InChI is InChI=1S/C20H13F2N3/c21-15-5-1-3-13(9-15)20(14-4-2-6-16(22)10-14)8-7-17-18(11-20)24-25-19(17)12-23/h1-10H,11H2,(H,24,25). The van der Waals surface area contributed by atoms with E-state index in [0.717, 1.165) is 11.3 Å². The largest absolute Gasteiger partial charge is 0.281 e. The van der Waals surface area contributed by atoms with Gasteiger partial charge >= 0.3 is 0 Å². The first-order valence-corrected chi connectivity index (χ1v) is 7.81. The fourth-order valence-corrected chi connectivity index (χ4v) is 3.44. The van der Waals surface area contributed by atoms with Gasteiger partial charge in [0, 0.05) is 23.1 Å². The highest BCUT2D eigenvalue weighted by atomic mass is 19.1. The molecule has 1 N–H and O–H groups in total. The van der Waals surface area contributed by atoms with Gasteiger partial charge in [0.25, 0.3) is 0 Å². The van der Waals surface area contributed by atoms with Crippen molar-refractivity contribution in [2.75, 3.05) is 0 Å². The van der Waals surface area contributed by atoms with Gasteiger partial charge in [0.1, 0.15) is 17.7 Å². The van der Waals surface area contributed by atoms with E-state index >= 15 is 0 Å². The predicted octanol–water partition coefficient (Wildman–Crippen LogP) is 4.12. The monoisotopic (exact) mass is 333 g/mol. The van der Waals surface area contributed by atoms with Crippen LogP contribution >= 0.6 is 0 Å². The summed E-state index contributed by atoms with van der Waals surface area (Å²) >= 11 is 0. The maximum absolute atomic E-state index is 13.9. The number of aromatic nitrogens is 2. The Balaban J connectivity index is 1.95. The molecule has 2 aromatic carbocycles. The van der Waals surface area contributed by atoms with Crippen LogP contribution in [0.4, 0.5) is 8.78 Å². The molecule has 0 spiro atoms. The first kappa shape index (κ1) is 15.3. The van der Waals surface area contributed by atoms with Gasteiger partial charge in [-0.2, -0.15) is 10.4 Å². The molecule has 0 radical (unpaired) electrons. The normalized spacial score (nSPS) is 14.8. The van der Waals surface area contributed by atoms with Gasteiger partial charge in [-0.15, -0.1) is 0 Å². The maximum atomic E-state index is 13.9. The van der Waals surface area contributed by atoms with E-state index in [-0.39, 0.29) is 11.6 Å². The zero-order chi connectivity index (χ0) is 17.4. The molecule has 0 saturated carbocycles. The van der Waals surface area contributed by atoms with Crippen LogP contribution < -0.4 is 0 Å². The second-order valence-electron chi connectivity index (χ2n) is 6.08. The number of nitrogens with zero attached hydrogens (tertiary/aromatic N) is 2. The fourth-order valence-electron chi connectivity index (χ4n) is 3.44. The van der Waals surface area contributed by atoms with Crippen LogP contribution in [0, 0.1) is 23.0 Å². The van der Waals surface area contributed by atoms with Crippen LogP contribution in [0.3, 0.4) is 0 Å². The smallest absolute Gasteiger partial charge is 0.169 e. The molecule has 1 heterocycles. The number of benzene rings is 2.